The Labute approximate surface area is 193 Å². The summed E-state index contributed by atoms with van der Waals surface area (Å²) in [4.78, 5) is 24.3. The number of ether oxygens (including phenoxy) is 3. The third-order valence-electron chi connectivity index (χ3n) is 5.44. The Morgan fingerprint density at radius 2 is 2.00 bits per heavy atom. The van der Waals surface area contributed by atoms with Crippen molar-refractivity contribution in [3.05, 3.63) is 47.4 Å². The largest absolute Gasteiger partial charge is 0.491 e. The number of carbonyl (C=O) groups is 1. The number of fused-ring (bicyclic) bond motifs is 1. The fraction of sp³-hybridized carbons (Fsp3) is 0.417. The van der Waals surface area contributed by atoms with Crippen LogP contribution in [0.1, 0.15) is 55.0 Å². The summed E-state index contributed by atoms with van der Waals surface area (Å²) in [6.07, 6.45) is 3.71. The van der Waals surface area contributed by atoms with Crippen LogP contribution < -0.4 is 14.4 Å². The van der Waals surface area contributed by atoms with Crippen molar-refractivity contribution in [1.29, 1.82) is 0 Å². The van der Waals surface area contributed by atoms with Gasteiger partial charge in [0.25, 0.3) is 11.8 Å². The average molecular weight is 452 g/mol. The maximum absolute atomic E-state index is 13.5. The lowest BCUT2D eigenvalue weighted by Gasteiger charge is -2.22. The first-order valence-corrected chi connectivity index (χ1v) is 11.2. The molecule has 4 rings (SSSR count). The first-order valence-electron chi connectivity index (χ1n) is 11.2. The highest BCUT2D eigenvalue weighted by Crippen LogP contribution is 2.40. The number of aryl methyl sites for hydroxylation is 2. The molecular weight excluding hydrogens is 422 g/mol. The molecule has 3 aromatic heterocycles. The molecule has 33 heavy (non-hydrogen) atoms. The van der Waals surface area contributed by atoms with Gasteiger partial charge in [0, 0.05) is 37.2 Å². The molecule has 1 aliphatic rings. The van der Waals surface area contributed by atoms with Gasteiger partial charge in [0.2, 0.25) is 0 Å². The molecule has 0 aromatic carbocycles. The van der Waals surface area contributed by atoms with Gasteiger partial charge >= 0.3 is 0 Å². The van der Waals surface area contributed by atoms with E-state index in [9.17, 15) is 4.79 Å². The molecule has 174 valence electrons. The minimum Gasteiger partial charge on any atom is -0.491 e. The van der Waals surface area contributed by atoms with E-state index in [4.69, 9.17) is 19.2 Å². The van der Waals surface area contributed by atoms with E-state index in [0.717, 1.165) is 17.5 Å². The van der Waals surface area contributed by atoms with Crippen LogP contribution in [-0.2, 0) is 11.3 Å². The summed E-state index contributed by atoms with van der Waals surface area (Å²) < 4.78 is 18.9. The molecule has 1 unspecified atom stereocenters. The summed E-state index contributed by atoms with van der Waals surface area (Å²) >= 11 is 0. The van der Waals surface area contributed by atoms with Crippen molar-refractivity contribution >= 4 is 11.7 Å². The van der Waals surface area contributed by atoms with Crippen molar-refractivity contribution in [1.82, 2.24) is 19.7 Å². The van der Waals surface area contributed by atoms with Crippen LogP contribution >= 0.6 is 0 Å². The molecular formula is C24H29N5O4. The molecule has 0 spiro atoms. The molecule has 0 fully saturated rings. The number of aromatic nitrogens is 4. The molecule has 4 heterocycles. The highest BCUT2D eigenvalue weighted by atomic mass is 16.5. The molecule has 0 N–H and O–H groups in total. The number of hydrogen-bond acceptors (Lipinski definition) is 7. The fourth-order valence-corrected chi connectivity index (χ4v) is 3.88. The van der Waals surface area contributed by atoms with Gasteiger partial charge in [0.1, 0.15) is 5.69 Å². The van der Waals surface area contributed by atoms with E-state index < -0.39 is 6.23 Å². The van der Waals surface area contributed by atoms with Crippen LogP contribution in [0.2, 0.25) is 0 Å². The Hall–Kier alpha value is -3.46. The zero-order chi connectivity index (χ0) is 23.5. The predicted octanol–water partition coefficient (Wildman–Crippen LogP) is 4.16. The minimum atomic E-state index is -0.649. The van der Waals surface area contributed by atoms with Crippen LogP contribution in [0.3, 0.4) is 0 Å². The second-order valence-electron chi connectivity index (χ2n) is 7.68. The lowest BCUT2D eigenvalue weighted by molar-refractivity contribution is 0.0499. The van der Waals surface area contributed by atoms with Crippen LogP contribution in [0.15, 0.2) is 30.6 Å². The minimum absolute atomic E-state index is 0.161. The van der Waals surface area contributed by atoms with Gasteiger partial charge in [-0.05, 0) is 44.9 Å². The number of anilines is 1. The van der Waals surface area contributed by atoms with Crippen molar-refractivity contribution in [2.75, 3.05) is 25.2 Å². The smallest absolute Gasteiger partial charge is 0.264 e. The van der Waals surface area contributed by atoms with Crippen molar-refractivity contribution in [3.8, 4) is 22.9 Å². The van der Waals surface area contributed by atoms with Crippen molar-refractivity contribution in [2.45, 2.75) is 46.9 Å². The molecule has 0 saturated heterocycles. The molecule has 9 nitrogen and oxygen atoms in total. The fourth-order valence-electron chi connectivity index (χ4n) is 3.88. The Bertz CT molecular complexity index is 1160. The van der Waals surface area contributed by atoms with E-state index >= 15 is 0 Å². The molecule has 0 radical (unpaired) electrons. The van der Waals surface area contributed by atoms with E-state index in [1.807, 2.05) is 52.1 Å². The van der Waals surface area contributed by atoms with Gasteiger partial charge in [-0.3, -0.25) is 14.4 Å². The zero-order valence-corrected chi connectivity index (χ0v) is 19.7. The molecule has 1 amide bonds. The molecule has 1 atom stereocenters. The van der Waals surface area contributed by atoms with Crippen molar-refractivity contribution in [2.24, 2.45) is 0 Å². The number of rotatable bonds is 9. The van der Waals surface area contributed by atoms with Crippen LogP contribution in [0.4, 0.5) is 5.82 Å². The van der Waals surface area contributed by atoms with Gasteiger partial charge in [0.15, 0.2) is 17.8 Å². The summed E-state index contributed by atoms with van der Waals surface area (Å²) in [7, 11) is 1.57. The lowest BCUT2D eigenvalue weighted by Crippen LogP contribution is -2.30. The summed E-state index contributed by atoms with van der Waals surface area (Å²) in [5, 5.41) is 4.54. The standard InChI is InChI=1S/C24H29N5O4/c1-6-11-33-24-21-20(23(30)29(24)19-9-10-28(7-2)27-19)15(4)12-17(26-21)16-13-18(31-5)22(25-14-16)32-8-3/h9-10,12-14,24H,6-8,11H2,1-5H3. The van der Waals surface area contributed by atoms with E-state index in [1.165, 1.54) is 0 Å². The Kier molecular flexibility index (Phi) is 6.60. The Morgan fingerprint density at radius 1 is 1.18 bits per heavy atom. The Balaban J connectivity index is 1.79. The summed E-state index contributed by atoms with van der Waals surface area (Å²) in [5.74, 6) is 1.34. The first-order chi connectivity index (χ1) is 16.0. The quantitative estimate of drug-likeness (QED) is 0.482. The van der Waals surface area contributed by atoms with E-state index in [-0.39, 0.29) is 5.91 Å². The van der Waals surface area contributed by atoms with Crippen LogP contribution in [-0.4, -0.2) is 46.0 Å². The normalized spacial score (nSPS) is 15.1. The van der Waals surface area contributed by atoms with E-state index in [1.54, 1.807) is 22.9 Å². The first kappa shape index (κ1) is 22.7. The zero-order valence-electron chi connectivity index (χ0n) is 19.7. The van der Waals surface area contributed by atoms with Crippen molar-refractivity contribution in [3.63, 3.8) is 0 Å². The number of nitrogens with zero attached hydrogens (tertiary/aromatic N) is 5. The van der Waals surface area contributed by atoms with Crippen molar-refractivity contribution < 1.29 is 19.0 Å². The number of carbonyl (C=O) groups excluding carboxylic acids is 1. The predicted molar refractivity (Wildman–Crippen MR) is 124 cm³/mol. The number of methoxy groups -OCH3 is 1. The lowest BCUT2D eigenvalue weighted by atomic mass is 10.0. The number of amides is 1. The monoisotopic (exact) mass is 451 g/mol. The molecule has 0 bridgehead atoms. The van der Waals surface area contributed by atoms with Crippen LogP contribution in [0.5, 0.6) is 11.6 Å². The number of pyridine rings is 2. The van der Waals surface area contributed by atoms with Gasteiger partial charge in [-0.15, -0.1) is 0 Å². The summed E-state index contributed by atoms with van der Waals surface area (Å²) in [5.41, 5.74) is 3.39. The summed E-state index contributed by atoms with van der Waals surface area (Å²) in [6, 6.07) is 5.55. The van der Waals surface area contributed by atoms with E-state index in [0.29, 0.717) is 54.2 Å². The average Bonchev–Trinajstić information content (AvgIpc) is 3.40. The van der Waals surface area contributed by atoms with Gasteiger partial charge in [-0.1, -0.05) is 6.92 Å². The topological polar surface area (TPSA) is 91.6 Å². The summed E-state index contributed by atoms with van der Waals surface area (Å²) in [6.45, 7) is 9.52. The van der Waals surface area contributed by atoms with Crippen LogP contribution in [0.25, 0.3) is 11.3 Å². The number of hydrogen-bond donors (Lipinski definition) is 0. The third-order valence-corrected chi connectivity index (χ3v) is 5.44. The van der Waals surface area contributed by atoms with Gasteiger partial charge < -0.3 is 14.2 Å². The molecule has 0 saturated carbocycles. The Morgan fingerprint density at radius 3 is 2.67 bits per heavy atom. The van der Waals surface area contributed by atoms with Gasteiger partial charge in [0.05, 0.1) is 25.0 Å². The van der Waals surface area contributed by atoms with Gasteiger partial charge in [-0.25, -0.2) is 9.97 Å². The second kappa shape index (κ2) is 9.58. The van der Waals surface area contributed by atoms with Crippen LogP contribution in [0, 0.1) is 6.92 Å². The highest BCUT2D eigenvalue weighted by molar-refractivity contribution is 6.11. The highest BCUT2D eigenvalue weighted by Gasteiger charge is 2.42. The van der Waals surface area contributed by atoms with E-state index in [2.05, 4.69) is 10.1 Å². The second-order valence-corrected chi connectivity index (χ2v) is 7.68. The SMILES string of the molecule is CCCOC1c2nc(-c3cnc(OCC)c(OC)c3)cc(C)c2C(=O)N1c1ccn(CC)n1. The van der Waals surface area contributed by atoms with Gasteiger partial charge in [-0.2, -0.15) is 5.10 Å². The molecule has 0 aliphatic carbocycles. The third kappa shape index (κ3) is 4.16. The molecule has 3 aromatic rings. The maximum Gasteiger partial charge on any atom is 0.264 e. The maximum atomic E-state index is 13.5. The molecule has 1 aliphatic heterocycles. The molecule has 9 heteroatoms.